The summed E-state index contributed by atoms with van der Waals surface area (Å²) in [5, 5.41) is 19.3. The van der Waals surface area contributed by atoms with Gasteiger partial charge in [-0.15, -0.1) is 0 Å². The molecule has 1 aliphatic rings. The van der Waals surface area contributed by atoms with Crippen molar-refractivity contribution in [2.24, 2.45) is 5.92 Å². The Morgan fingerprint density at radius 1 is 0.909 bits per heavy atom. The van der Waals surface area contributed by atoms with Gasteiger partial charge in [-0.1, -0.05) is 60.7 Å². The van der Waals surface area contributed by atoms with E-state index in [2.05, 4.69) is 0 Å². The van der Waals surface area contributed by atoms with Gasteiger partial charge in [0.2, 0.25) is 0 Å². The second-order valence-electron chi connectivity index (χ2n) is 5.68. The van der Waals surface area contributed by atoms with Crippen molar-refractivity contribution in [1.82, 2.24) is 0 Å². The lowest BCUT2D eigenvalue weighted by molar-refractivity contribution is -0.160. The smallest absolute Gasteiger partial charge is 0.314 e. The summed E-state index contributed by atoms with van der Waals surface area (Å²) in [6, 6.07) is 18.0. The molecule has 2 aromatic carbocycles. The first-order valence-corrected chi connectivity index (χ1v) is 7.14. The number of hydrogen-bond donors (Lipinski definition) is 2. The van der Waals surface area contributed by atoms with E-state index < -0.39 is 29.2 Å². The van der Waals surface area contributed by atoms with Crippen LogP contribution < -0.4 is 0 Å². The zero-order valence-electron chi connectivity index (χ0n) is 11.8. The molecule has 1 saturated carbocycles. The van der Waals surface area contributed by atoms with Crippen LogP contribution in [0.4, 0.5) is 0 Å². The maximum atomic E-state index is 12.1. The Balaban J connectivity index is 2.14. The zero-order valence-corrected chi connectivity index (χ0v) is 11.8. The van der Waals surface area contributed by atoms with Gasteiger partial charge in [0.15, 0.2) is 0 Å². The second kappa shape index (κ2) is 5.30. The molecule has 0 radical (unpaired) electrons. The van der Waals surface area contributed by atoms with Gasteiger partial charge in [-0.05, 0) is 17.5 Å². The van der Waals surface area contributed by atoms with Crippen molar-refractivity contribution in [1.29, 1.82) is 0 Å². The van der Waals surface area contributed by atoms with Crippen LogP contribution in [0.2, 0.25) is 0 Å². The van der Waals surface area contributed by atoms with Gasteiger partial charge in [0.1, 0.15) is 5.41 Å². The third kappa shape index (κ3) is 1.99. The van der Waals surface area contributed by atoms with Gasteiger partial charge in [0, 0.05) is 5.92 Å². The summed E-state index contributed by atoms with van der Waals surface area (Å²) in [4.78, 5) is 23.6. The Bertz CT molecular complexity index is 696. The van der Waals surface area contributed by atoms with Gasteiger partial charge in [-0.3, -0.25) is 9.59 Å². The summed E-state index contributed by atoms with van der Waals surface area (Å²) in [6.45, 7) is 0. The minimum absolute atomic E-state index is 0.112. The van der Waals surface area contributed by atoms with E-state index in [4.69, 9.17) is 0 Å². The molecular formula is C18H16O4. The van der Waals surface area contributed by atoms with Crippen LogP contribution in [-0.4, -0.2) is 22.2 Å². The highest BCUT2D eigenvalue weighted by molar-refractivity contribution is 5.89. The summed E-state index contributed by atoms with van der Waals surface area (Å²) >= 11 is 0. The minimum atomic E-state index is -1.17. The Morgan fingerprint density at radius 3 is 1.95 bits per heavy atom. The van der Waals surface area contributed by atoms with Crippen molar-refractivity contribution in [3.63, 3.8) is 0 Å². The highest BCUT2D eigenvalue weighted by atomic mass is 16.4. The molecular weight excluding hydrogens is 280 g/mol. The molecule has 1 aliphatic carbocycles. The molecule has 4 heteroatoms. The van der Waals surface area contributed by atoms with E-state index in [0.717, 1.165) is 5.56 Å². The summed E-state index contributed by atoms with van der Waals surface area (Å²) < 4.78 is 0. The van der Waals surface area contributed by atoms with E-state index in [-0.39, 0.29) is 6.42 Å². The first kappa shape index (κ1) is 14.3. The number of aliphatic carboxylic acids is 2. The average Bonchev–Trinajstić information content (AvgIpc) is 2.48. The van der Waals surface area contributed by atoms with Gasteiger partial charge in [0.05, 0.1) is 5.92 Å². The largest absolute Gasteiger partial charge is 0.481 e. The number of rotatable bonds is 4. The van der Waals surface area contributed by atoms with E-state index in [1.54, 1.807) is 36.4 Å². The van der Waals surface area contributed by atoms with Gasteiger partial charge in [-0.25, -0.2) is 0 Å². The molecule has 2 N–H and O–H groups in total. The third-order valence-corrected chi connectivity index (χ3v) is 4.62. The fourth-order valence-electron chi connectivity index (χ4n) is 3.56. The Morgan fingerprint density at radius 2 is 1.45 bits per heavy atom. The number of hydrogen-bond acceptors (Lipinski definition) is 2. The van der Waals surface area contributed by atoms with Crippen LogP contribution in [0, 0.1) is 5.92 Å². The van der Waals surface area contributed by atoms with Crippen molar-refractivity contribution in [2.45, 2.75) is 17.8 Å². The van der Waals surface area contributed by atoms with Crippen molar-refractivity contribution in [3.05, 3.63) is 71.8 Å². The lowest BCUT2D eigenvalue weighted by atomic mass is 9.49. The van der Waals surface area contributed by atoms with Crippen LogP contribution in [0.15, 0.2) is 60.7 Å². The fraction of sp³-hybridized carbons (Fsp3) is 0.222. The summed E-state index contributed by atoms with van der Waals surface area (Å²) in [7, 11) is 0. The fourth-order valence-corrected chi connectivity index (χ4v) is 3.56. The number of carbonyl (C=O) groups is 2. The number of carboxylic acid groups (broad SMARTS) is 2. The molecule has 3 rings (SSSR count). The number of benzene rings is 2. The first-order chi connectivity index (χ1) is 10.6. The van der Waals surface area contributed by atoms with Crippen LogP contribution in [0.1, 0.15) is 23.5 Å². The summed E-state index contributed by atoms with van der Waals surface area (Å²) in [6.07, 6.45) is 0.112. The summed E-state index contributed by atoms with van der Waals surface area (Å²) in [5.41, 5.74) is 0.243. The molecule has 3 unspecified atom stereocenters. The molecule has 4 nitrogen and oxygen atoms in total. The molecule has 0 bridgehead atoms. The topological polar surface area (TPSA) is 74.6 Å². The monoisotopic (exact) mass is 296 g/mol. The third-order valence-electron chi connectivity index (χ3n) is 4.62. The van der Waals surface area contributed by atoms with Crippen LogP contribution in [0.5, 0.6) is 0 Å². The predicted molar refractivity (Wildman–Crippen MR) is 80.7 cm³/mol. The van der Waals surface area contributed by atoms with Gasteiger partial charge >= 0.3 is 11.9 Å². The number of carboxylic acids is 2. The average molecular weight is 296 g/mol. The van der Waals surface area contributed by atoms with E-state index >= 15 is 0 Å². The molecule has 0 amide bonds. The molecule has 0 heterocycles. The lowest BCUT2D eigenvalue weighted by Crippen LogP contribution is -2.57. The first-order valence-electron chi connectivity index (χ1n) is 7.14. The van der Waals surface area contributed by atoms with Crippen molar-refractivity contribution >= 4 is 11.9 Å². The van der Waals surface area contributed by atoms with Crippen molar-refractivity contribution in [2.75, 3.05) is 0 Å². The SMILES string of the molecule is O=C(O)C1CC(C(=O)O)(c2ccccc2)C1c1ccccc1. The van der Waals surface area contributed by atoms with Crippen molar-refractivity contribution < 1.29 is 19.8 Å². The molecule has 0 aromatic heterocycles. The molecule has 0 saturated heterocycles. The Labute approximate surface area is 128 Å². The maximum Gasteiger partial charge on any atom is 0.314 e. The van der Waals surface area contributed by atoms with E-state index in [1.807, 2.05) is 24.3 Å². The van der Waals surface area contributed by atoms with Crippen LogP contribution in [0.25, 0.3) is 0 Å². The highest BCUT2D eigenvalue weighted by Crippen LogP contribution is 2.58. The van der Waals surface area contributed by atoms with Gasteiger partial charge in [-0.2, -0.15) is 0 Å². The van der Waals surface area contributed by atoms with E-state index in [0.29, 0.717) is 5.56 Å². The van der Waals surface area contributed by atoms with Gasteiger partial charge < -0.3 is 10.2 Å². The molecule has 0 spiro atoms. The van der Waals surface area contributed by atoms with Crippen LogP contribution >= 0.6 is 0 Å². The molecule has 22 heavy (non-hydrogen) atoms. The molecule has 2 aromatic rings. The zero-order chi connectivity index (χ0) is 15.7. The predicted octanol–water partition coefficient (Wildman–Crippen LogP) is 2.90. The van der Waals surface area contributed by atoms with Crippen LogP contribution in [-0.2, 0) is 15.0 Å². The van der Waals surface area contributed by atoms with E-state index in [1.165, 1.54) is 0 Å². The molecule has 1 fully saturated rings. The normalized spacial score (nSPS) is 26.9. The molecule has 0 aliphatic heterocycles. The second-order valence-corrected chi connectivity index (χ2v) is 5.68. The minimum Gasteiger partial charge on any atom is -0.481 e. The maximum absolute atomic E-state index is 12.1. The Hall–Kier alpha value is -2.62. The van der Waals surface area contributed by atoms with Gasteiger partial charge in [0.25, 0.3) is 0 Å². The standard InChI is InChI=1S/C18H16O4/c19-16(20)14-11-18(17(21)22,13-9-5-2-6-10-13)15(14)12-7-3-1-4-8-12/h1-10,14-15H,11H2,(H,19,20)(H,21,22). The Kier molecular flexibility index (Phi) is 3.45. The van der Waals surface area contributed by atoms with Crippen molar-refractivity contribution in [3.8, 4) is 0 Å². The lowest BCUT2D eigenvalue weighted by Gasteiger charge is -2.51. The quantitative estimate of drug-likeness (QED) is 0.909. The molecule has 112 valence electrons. The van der Waals surface area contributed by atoms with Crippen LogP contribution in [0.3, 0.4) is 0 Å². The van der Waals surface area contributed by atoms with E-state index in [9.17, 15) is 19.8 Å². The molecule has 3 atom stereocenters. The summed E-state index contributed by atoms with van der Waals surface area (Å²) in [5.74, 6) is -3.16. The highest BCUT2D eigenvalue weighted by Gasteiger charge is 2.62.